The second-order valence-electron chi connectivity index (χ2n) is 5.81. The summed E-state index contributed by atoms with van der Waals surface area (Å²) in [6.07, 6.45) is 7.31. The number of hydrogen-bond donors (Lipinski definition) is 2. The zero-order valence-electron chi connectivity index (χ0n) is 15.0. The van der Waals surface area contributed by atoms with E-state index in [0.29, 0.717) is 6.54 Å². The minimum atomic E-state index is -0.250. The third kappa shape index (κ3) is 3.44. The van der Waals surface area contributed by atoms with Crippen LogP contribution in [-0.2, 0) is 18.4 Å². The standard InChI is InChI=1S/C17H18N6O.CH2O2/c1-12-19-10-16(21(12)2)17-18-5-6-23(17)13-3-4-15-14(9-13)20-11-22(15)7-8-24;2-1-3/h3-6,9-11,24H,7-8H2,1-2H3;1H,(H,2,3). The summed E-state index contributed by atoms with van der Waals surface area (Å²) in [4.78, 5) is 21.6. The van der Waals surface area contributed by atoms with E-state index in [1.54, 1.807) is 12.5 Å². The fraction of sp³-hybridized carbons (Fsp3) is 0.222. The molecule has 0 atom stereocenters. The van der Waals surface area contributed by atoms with Crippen molar-refractivity contribution < 1.29 is 15.0 Å². The van der Waals surface area contributed by atoms with Gasteiger partial charge >= 0.3 is 0 Å². The van der Waals surface area contributed by atoms with Crippen molar-refractivity contribution in [3.8, 4) is 17.2 Å². The van der Waals surface area contributed by atoms with Crippen LogP contribution in [0.4, 0.5) is 0 Å². The average molecular weight is 368 g/mol. The smallest absolute Gasteiger partial charge is 0.290 e. The summed E-state index contributed by atoms with van der Waals surface area (Å²) >= 11 is 0. The van der Waals surface area contributed by atoms with Gasteiger partial charge in [-0.1, -0.05) is 0 Å². The summed E-state index contributed by atoms with van der Waals surface area (Å²) in [6, 6.07) is 6.08. The number of aromatic nitrogens is 6. The highest BCUT2D eigenvalue weighted by Crippen LogP contribution is 2.24. The number of carboxylic acid groups (broad SMARTS) is 1. The van der Waals surface area contributed by atoms with Crippen molar-refractivity contribution >= 4 is 17.5 Å². The van der Waals surface area contributed by atoms with Crippen LogP contribution in [0, 0.1) is 6.92 Å². The molecule has 140 valence electrons. The molecule has 0 amide bonds. The molecule has 9 heteroatoms. The van der Waals surface area contributed by atoms with Crippen LogP contribution >= 0.6 is 0 Å². The molecule has 0 aliphatic rings. The second-order valence-corrected chi connectivity index (χ2v) is 5.81. The van der Waals surface area contributed by atoms with E-state index in [9.17, 15) is 0 Å². The molecule has 3 aromatic heterocycles. The Morgan fingerprint density at radius 1 is 1.22 bits per heavy atom. The number of imidazole rings is 3. The SMILES string of the molecule is Cc1ncc(-c2nccn2-c2ccc3c(c2)ncn3CCO)n1C.O=CO. The molecule has 3 heterocycles. The van der Waals surface area contributed by atoms with Gasteiger partial charge in [0.1, 0.15) is 11.5 Å². The van der Waals surface area contributed by atoms with Crippen molar-refractivity contribution in [1.82, 2.24) is 28.7 Å². The molecular weight excluding hydrogens is 348 g/mol. The van der Waals surface area contributed by atoms with Crippen LogP contribution < -0.4 is 0 Å². The van der Waals surface area contributed by atoms with Crippen LogP contribution in [0.15, 0.2) is 43.1 Å². The van der Waals surface area contributed by atoms with Gasteiger partial charge in [-0.2, -0.15) is 0 Å². The van der Waals surface area contributed by atoms with Gasteiger partial charge < -0.3 is 19.3 Å². The second kappa shape index (κ2) is 7.83. The Kier molecular flexibility index (Phi) is 5.32. The summed E-state index contributed by atoms with van der Waals surface area (Å²) < 4.78 is 5.99. The zero-order chi connectivity index (χ0) is 19.4. The Morgan fingerprint density at radius 2 is 2.00 bits per heavy atom. The molecule has 1 aromatic carbocycles. The molecule has 0 saturated carbocycles. The number of aryl methyl sites for hydroxylation is 1. The van der Waals surface area contributed by atoms with Gasteiger partial charge in [0.2, 0.25) is 0 Å². The fourth-order valence-corrected chi connectivity index (χ4v) is 2.90. The van der Waals surface area contributed by atoms with Gasteiger partial charge in [0, 0.05) is 31.7 Å². The number of hydrogen-bond acceptors (Lipinski definition) is 5. The normalized spacial score (nSPS) is 10.6. The summed E-state index contributed by atoms with van der Waals surface area (Å²) in [6.45, 7) is 2.36. The van der Waals surface area contributed by atoms with Crippen LogP contribution in [-0.4, -0.2) is 51.9 Å². The Balaban J connectivity index is 0.000000659. The maximum Gasteiger partial charge on any atom is 0.290 e. The van der Waals surface area contributed by atoms with Crippen molar-refractivity contribution in [2.24, 2.45) is 7.05 Å². The first-order valence-electron chi connectivity index (χ1n) is 8.26. The zero-order valence-corrected chi connectivity index (χ0v) is 15.0. The molecule has 4 rings (SSSR count). The highest BCUT2D eigenvalue weighted by atomic mass is 16.3. The largest absolute Gasteiger partial charge is 0.483 e. The summed E-state index contributed by atoms with van der Waals surface area (Å²) in [5.74, 6) is 1.78. The number of fused-ring (bicyclic) bond motifs is 1. The van der Waals surface area contributed by atoms with E-state index in [2.05, 4.69) is 15.0 Å². The first-order chi connectivity index (χ1) is 13.1. The number of carbonyl (C=O) groups is 1. The van der Waals surface area contributed by atoms with Gasteiger partial charge in [0.05, 0.1) is 30.2 Å². The van der Waals surface area contributed by atoms with Gasteiger partial charge in [0.15, 0.2) is 5.82 Å². The van der Waals surface area contributed by atoms with Crippen LogP contribution in [0.5, 0.6) is 0 Å². The van der Waals surface area contributed by atoms with Crippen molar-refractivity contribution in [3.63, 3.8) is 0 Å². The number of rotatable bonds is 4. The first kappa shape index (κ1) is 18.3. The molecule has 0 spiro atoms. The van der Waals surface area contributed by atoms with Gasteiger partial charge in [-0.05, 0) is 25.1 Å². The maximum atomic E-state index is 9.12. The van der Waals surface area contributed by atoms with E-state index in [0.717, 1.165) is 34.1 Å². The van der Waals surface area contributed by atoms with Crippen molar-refractivity contribution in [2.75, 3.05) is 6.61 Å². The number of aliphatic hydroxyl groups is 1. The summed E-state index contributed by atoms with van der Waals surface area (Å²) in [7, 11) is 1.98. The Hall–Kier alpha value is -3.46. The minimum Gasteiger partial charge on any atom is -0.483 e. The quantitative estimate of drug-likeness (QED) is 0.530. The Morgan fingerprint density at radius 3 is 2.67 bits per heavy atom. The molecule has 27 heavy (non-hydrogen) atoms. The van der Waals surface area contributed by atoms with E-state index in [-0.39, 0.29) is 13.1 Å². The summed E-state index contributed by atoms with van der Waals surface area (Å²) in [5.41, 5.74) is 3.85. The van der Waals surface area contributed by atoms with E-state index in [1.165, 1.54) is 0 Å². The molecule has 4 aromatic rings. The molecule has 0 saturated heterocycles. The third-order valence-electron chi connectivity index (χ3n) is 4.31. The topological polar surface area (TPSA) is 111 Å². The number of nitrogens with zero attached hydrogens (tertiary/aromatic N) is 6. The fourth-order valence-electron chi connectivity index (χ4n) is 2.90. The molecular formula is C18H20N6O3. The molecule has 2 N–H and O–H groups in total. The lowest BCUT2D eigenvalue weighted by Gasteiger charge is -2.09. The van der Waals surface area contributed by atoms with Crippen LogP contribution in [0.2, 0.25) is 0 Å². The third-order valence-corrected chi connectivity index (χ3v) is 4.31. The van der Waals surface area contributed by atoms with E-state index in [4.69, 9.17) is 15.0 Å². The van der Waals surface area contributed by atoms with E-state index < -0.39 is 0 Å². The lowest BCUT2D eigenvalue weighted by molar-refractivity contribution is -0.122. The van der Waals surface area contributed by atoms with E-state index >= 15 is 0 Å². The molecule has 0 fully saturated rings. The maximum absolute atomic E-state index is 9.12. The lowest BCUT2D eigenvalue weighted by atomic mass is 10.2. The predicted octanol–water partition coefficient (Wildman–Crippen LogP) is 1.62. The van der Waals surface area contributed by atoms with Crippen LogP contribution in [0.1, 0.15) is 5.82 Å². The molecule has 0 aliphatic heterocycles. The van der Waals surface area contributed by atoms with Crippen molar-refractivity contribution in [3.05, 3.63) is 48.9 Å². The van der Waals surface area contributed by atoms with Gasteiger partial charge in [-0.3, -0.25) is 9.36 Å². The average Bonchev–Trinajstić information content (AvgIpc) is 3.36. The van der Waals surface area contributed by atoms with Crippen molar-refractivity contribution in [1.29, 1.82) is 0 Å². The Bertz CT molecular complexity index is 1060. The molecule has 0 unspecified atom stereocenters. The Labute approximate surface area is 155 Å². The monoisotopic (exact) mass is 368 g/mol. The lowest BCUT2D eigenvalue weighted by Crippen LogP contribution is -2.02. The van der Waals surface area contributed by atoms with Gasteiger partial charge in [-0.15, -0.1) is 0 Å². The predicted molar refractivity (Wildman–Crippen MR) is 99.6 cm³/mol. The van der Waals surface area contributed by atoms with Gasteiger partial charge in [-0.25, -0.2) is 15.0 Å². The first-order valence-corrected chi connectivity index (χ1v) is 8.26. The highest BCUT2D eigenvalue weighted by molar-refractivity contribution is 5.78. The minimum absolute atomic E-state index is 0.0960. The van der Waals surface area contributed by atoms with E-state index in [1.807, 2.05) is 58.3 Å². The molecule has 9 nitrogen and oxygen atoms in total. The number of aliphatic hydroxyl groups excluding tert-OH is 1. The summed E-state index contributed by atoms with van der Waals surface area (Å²) in [5, 5.41) is 16.0. The molecule has 0 aliphatic carbocycles. The van der Waals surface area contributed by atoms with Crippen LogP contribution in [0.25, 0.3) is 28.2 Å². The van der Waals surface area contributed by atoms with Gasteiger partial charge in [0.25, 0.3) is 6.47 Å². The highest BCUT2D eigenvalue weighted by Gasteiger charge is 2.13. The molecule has 0 radical (unpaired) electrons. The molecule has 0 bridgehead atoms. The number of benzene rings is 1. The van der Waals surface area contributed by atoms with Crippen molar-refractivity contribution in [2.45, 2.75) is 13.5 Å². The van der Waals surface area contributed by atoms with Crippen LogP contribution in [0.3, 0.4) is 0 Å².